The first-order valence-electron chi connectivity index (χ1n) is 7.62. The second-order valence-corrected chi connectivity index (χ2v) is 7.54. The third-order valence-corrected chi connectivity index (χ3v) is 5.69. The quantitative estimate of drug-likeness (QED) is 0.694. The van der Waals surface area contributed by atoms with Crippen molar-refractivity contribution >= 4 is 34.1 Å². The molecule has 4 nitrogen and oxygen atoms in total. The van der Waals surface area contributed by atoms with Crippen molar-refractivity contribution in [3.63, 3.8) is 0 Å². The van der Waals surface area contributed by atoms with Crippen LogP contribution in [0.5, 0.6) is 0 Å². The van der Waals surface area contributed by atoms with Gasteiger partial charge in [-0.1, -0.05) is 6.07 Å². The monoisotopic (exact) mass is 371 g/mol. The van der Waals surface area contributed by atoms with Crippen LogP contribution in [-0.4, -0.2) is 27.4 Å². The zero-order valence-corrected chi connectivity index (χ0v) is 14.7. The molecule has 2 aromatic heterocycles. The Balaban J connectivity index is 1.58. The fourth-order valence-corrected chi connectivity index (χ4v) is 4.34. The molecule has 126 valence electrons. The van der Waals surface area contributed by atoms with E-state index < -0.39 is 0 Å². The second-order valence-electron chi connectivity index (χ2n) is 5.65. The lowest BCUT2D eigenvalue weighted by Crippen LogP contribution is -2.25. The van der Waals surface area contributed by atoms with E-state index >= 15 is 0 Å². The van der Waals surface area contributed by atoms with Crippen LogP contribution in [-0.2, 0) is 6.54 Å². The molecule has 0 atom stereocenters. The highest BCUT2D eigenvalue weighted by Gasteiger charge is 2.30. The van der Waals surface area contributed by atoms with Gasteiger partial charge in [0.25, 0.3) is 0 Å². The predicted molar refractivity (Wildman–Crippen MR) is 99.5 cm³/mol. The van der Waals surface area contributed by atoms with Crippen molar-refractivity contribution in [2.45, 2.75) is 6.54 Å². The van der Waals surface area contributed by atoms with E-state index in [-0.39, 0.29) is 17.4 Å². The van der Waals surface area contributed by atoms with Crippen LogP contribution in [0.3, 0.4) is 0 Å². The van der Waals surface area contributed by atoms with Gasteiger partial charge >= 0.3 is 0 Å². The van der Waals surface area contributed by atoms with Crippen molar-refractivity contribution in [1.82, 2.24) is 9.88 Å². The van der Waals surface area contributed by atoms with Crippen LogP contribution in [0.2, 0.25) is 0 Å². The summed E-state index contributed by atoms with van der Waals surface area (Å²) < 4.78 is 13.1. The first kappa shape index (κ1) is 16.0. The standard InChI is InChI=1S/C18H14FN3OS2/c19-12-5-3-11(4-6-12)14-10-25-18(21-14)16-15(23)9-22(17(16)20)8-13-2-1-7-24-13/h1-7,10,20,23H,8-9H2. The van der Waals surface area contributed by atoms with Gasteiger partial charge in [0.05, 0.1) is 24.4 Å². The van der Waals surface area contributed by atoms with Crippen molar-refractivity contribution < 1.29 is 9.50 Å². The molecule has 1 aliphatic rings. The third kappa shape index (κ3) is 3.08. The lowest BCUT2D eigenvalue weighted by atomic mass is 10.2. The molecule has 1 aliphatic heterocycles. The molecule has 0 saturated carbocycles. The van der Waals surface area contributed by atoms with Gasteiger partial charge in [-0.05, 0) is 35.7 Å². The lowest BCUT2D eigenvalue weighted by molar-refractivity contribution is 0.348. The molecule has 0 fully saturated rings. The van der Waals surface area contributed by atoms with Crippen molar-refractivity contribution in [1.29, 1.82) is 5.41 Å². The number of amidine groups is 1. The van der Waals surface area contributed by atoms with E-state index in [1.807, 2.05) is 27.8 Å². The Morgan fingerprint density at radius 3 is 2.72 bits per heavy atom. The zero-order valence-electron chi connectivity index (χ0n) is 13.1. The Morgan fingerprint density at radius 2 is 2.00 bits per heavy atom. The largest absolute Gasteiger partial charge is 0.510 e. The second kappa shape index (κ2) is 6.42. The summed E-state index contributed by atoms with van der Waals surface area (Å²) in [7, 11) is 0. The van der Waals surface area contributed by atoms with E-state index in [1.54, 1.807) is 23.5 Å². The molecule has 3 heterocycles. The molecule has 1 aromatic carbocycles. The number of aliphatic hydroxyl groups excluding tert-OH is 1. The minimum absolute atomic E-state index is 0.168. The van der Waals surface area contributed by atoms with Gasteiger partial charge in [-0.25, -0.2) is 9.37 Å². The third-order valence-electron chi connectivity index (χ3n) is 3.97. The molecule has 3 aromatic rings. The number of thiazole rings is 1. The summed E-state index contributed by atoms with van der Waals surface area (Å²) in [5.74, 6) is 0.161. The Bertz CT molecular complexity index is 945. The summed E-state index contributed by atoms with van der Waals surface area (Å²) in [6.45, 7) is 0.914. The molecule has 4 rings (SSSR count). The highest BCUT2D eigenvalue weighted by Crippen LogP contribution is 2.33. The SMILES string of the molecule is N=C1C(c2nc(-c3ccc(F)cc3)cs2)=C(O)CN1Cc1cccs1. The van der Waals surface area contributed by atoms with Crippen LogP contribution in [0.25, 0.3) is 16.8 Å². The molecular weight excluding hydrogens is 357 g/mol. The fraction of sp³-hybridized carbons (Fsp3) is 0.111. The molecule has 0 spiro atoms. The molecule has 0 aliphatic carbocycles. The summed E-state index contributed by atoms with van der Waals surface area (Å²) >= 11 is 3.01. The first-order chi connectivity index (χ1) is 12.1. The molecule has 2 N–H and O–H groups in total. The smallest absolute Gasteiger partial charge is 0.135 e. The number of rotatable bonds is 4. The molecule has 25 heavy (non-hydrogen) atoms. The highest BCUT2D eigenvalue weighted by atomic mass is 32.1. The van der Waals surface area contributed by atoms with Crippen LogP contribution in [0.4, 0.5) is 4.39 Å². The fourth-order valence-electron chi connectivity index (χ4n) is 2.73. The van der Waals surface area contributed by atoms with Crippen LogP contribution < -0.4 is 0 Å². The van der Waals surface area contributed by atoms with Gasteiger partial charge in [0.15, 0.2) is 0 Å². The van der Waals surface area contributed by atoms with Crippen LogP contribution in [0, 0.1) is 11.2 Å². The first-order valence-corrected chi connectivity index (χ1v) is 9.38. The van der Waals surface area contributed by atoms with E-state index in [9.17, 15) is 9.50 Å². The molecule has 0 bridgehead atoms. The number of hydrogen-bond donors (Lipinski definition) is 2. The number of aliphatic hydroxyl groups is 1. The number of halogens is 1. The number of nitrogens with zero attached hydrogens (tertiary/aromatic N) is 2. The van der Waals surface area contributed by atoms with Gasteiger partial charge in [-0.3, -0.25) is 5.41 Å². The minimum atomic E-state index is -0.290. The average molecular weight is 371 g/mol. The maximum atomic E-state index is 13.1. The zero-order chi connectivity index (χ0) is 17.4. The number of thiophene rings is 1. The minimum Gasteiger partial charge on any atom is -0.510 e. The van der Waals surface area contributed by atoms with Crippen molar-refractivity contribution in [2.75, 3.05) is 6.54 Å². The van der Waals surface area contributed by atoms with E-state index in [2.05, 4.69) is 4.98 Å². The summed E-state index contributed by atoms with van der Waals surface area (Å²) in [5, 5.41) is 23.2. The van der Waals surface area contributed by atoms with Gasteiger partial charge in [-0.2, -0.15) is 0 Å². The number of aromatic nitrogens is 1. The number of hydrogen-bond acceptors (Lipinski definition) is 5. The van der Waals surface area contributed by atoms with E-state index in [1.165, 1.54) is 23.5 Å². The molecule has 0 amide bonds. The topological polar surface area (TPSA) is 60.2 Å². The van der Waals surface area contributed by atoms with Crippen LogP contribution in [0.1, 0.15) is 9.88 Å². The average Bonchev–Trinajstić information content (AvgIpc) is 3.31. The van der Waals surface area contributed by atoms with Crippen molar-refractivity contribution in [3.05, 3.63) is 68.6 Å². The Kier molecular flexibility index (Phi) is 4.10. The summed E-state index contributed by atoms with van der Waals surface area (Å²) in [4.78, 5) is 7.51. The summed E-state index contributed by atoms with van der Waals surface area (Å²) in [6, 6.07) is 10.1. The van der Waals surface area contributed by atoms with Gasteiger partial charge < -0.3 is 10.0 Å². The van der Waals surface area contributed by atoms with E-state index in [4.69, 9.17) is 5.41 Å². The summed E-state index contributed by atoms with van der Waals surface area (Å²) in [6.07, 6.45) is 0. The molecule has 0 saturated heterocycles. The number of nitrogens with one attached hydrogen (secondary N) is 1. The number of benzene rings is 1. The van der Waals surface area contributed by atoms with Crippen LogP contribution >= 0.6 is 22.7 Å². The lowest BCUT2D eigenvalue weighted by Gasteiger charge is -2.17. The normalized spacial score (nSPS) is 14.6. The Morgan fingerprint density at radius 1 is 1.20 bits per heavy atom. The van der Waals surface area contributed by atoms with E-state index in [0.29, 0.717) is 29.4 Å². The van der Waals surface area contributed by atoms with Crippen LogP contribution in [0.15, 0.2) is 52.9 Å². The highest BCUT2D eigenvalue weighted by molar-refractivity contribution is 7.11. The van der Waals surface area contributed by atoms with Crippen molar-refractivity contribution in [3.8, 4) is 11.3 Å². The van der Waals surface area contributed by atoms with Gasteiger partial charge in [-0.15, -0.1) is 22.7 Å². The van der Waals surface area contributed by atoms with Gasteiger partial charge in [0, 0.05) is 15.8 Å². The Labute approximate surface area is 152 Å². The maximum absolute atomic E-state index is 13.1. The predicted octanol–water partition coefficient (Wildman–Crippen LogP) is 4.77. The molecule has 0 unspecified atom stereocenters. The molecular formula is C18H14FN3OS2. The Hall–Kier alpha value is -2.51. The van der Waals surface area contributed by atoms with Gasteiger partial charge in [0.1, 0.15) is 22.4 Å². The molecule has 7 heteroatoms. The summed E-state index contributed by atoms with van der Waals surface area (Å²) in [5.41, 5.74) is 2.00. The van der Waals surface area contributed by atoms with E-state index in [0.717, 1.165) is 10.4 Å². The van der Waals surface area contributed by atoms with Gasteiger partial charge in [0.2, 0.25) is 0 Å². The maximum Gasteiger partial charge on any atom is 0.135 e. The molecule has 0 radical (unpaired) electrons. The van der Waals surface area contributed by atoms with Crippen molar-refractivity contribution in [2.24, 2.45) is 0 Å².